The van der Waals surface area contributed by atoms with Gasteiger partial charge in [-0.3, -0.25) is 4.90 Å². The van der Waals surface area contributed by atoms with Gasteiger partial charge < -0.3 is 19.1 Å². The number of hydrogen-bond donors (Lipinski definition) is 0. The van der Waals surface area contributed by atoms with Gasteiger partial charge in [-0.1, -0.05) is 30.3 Å². The van der Waals surface area contributed by atoms with Crippen molar-refractivity contribution in [2.45, 2.75) is 6.54 Å². The fourth-order valence-corrected chi connectivity index (χ4v) is 4.48. The first-order valence-corrected chi connectivity index (χ1v) is 12.0. The summed E-state index contributed by atoms with van der Waals surface area (Å²) in [5.74, 6) is 1.54. The van der Waals surface area contributed by atoms with Crippen molar-refractivity contribution in [3.8, 4) is 17.2 Å². The molecule has 7 nitrogen and oxygen atoms in total. The molecule has 184 valence electrons. The van der Waals surface area contributed by atoms with Crippen LogP contribution in [0.25, 0.3) is 10.8 Å². The second-order valence-electron chi connectivity index (χ2n) is 8.75. The molecule has 0 aliphatic carbocycles. The quantitative estimate of drug-likeness (QED) is 0.277. The number of carbonyl (C=O) groups excluding carboxylic acids is 1. The summed E-state index contributed by atoms with van der Waals surface area (Å²) in [6, 6.07) is 23.3. The minimum absolute atomic E-state index is 0.295. The Bertz CT molecular complexity index is 1350. The first kappa shape index (κ1) is 23.6. The summed E-state index contributed by atoms with van der Waals surface area (Å²) in [5, 5.41) is 1.95. The number of pyridine rings is 1. The van der Waals surface area contributed by atoms with Crippen LogP contribution in [0, 0.1) is 0 Å². The van der Waals surface area contributed by atoms with E-state index in [1.54, 1.807) is 26.5 Å². The van der Waals surface area contributed by atoms with Crippen molar-refractivity contribution in [3.63, 3.8) is 0 Å². The predicted octanol–water partition coefficient (Wildman–Crippen LogP) is 4.79. The number of nitrogens with zero attached hydrogens (tertiary/aromatic N) is 3. The molecule has 0 atom stereocenters. The van der Waals surface area contributed by atoms with Gasteiger partial charge in [0.1, 0.15) is 11.4 Å². The predicted molar refractivity (Wildman–Crippen MR) is 140 cm³/mol. The third-order valence-corrected chi connectivity index (χ3v) is 6.48. The topological polar surface area (TPSA) is 64.1 Å². The van der Waals surface area contributed by atoms with Crippen LogP contribution in [0.3, 0.4) is 0 Å². The highest BCUT2D eigenvalue weighted by atomic mass is 16.5. The molecule has 1 fully saturated rings. The summed E-state index contributed by atoms with van der Waals surface area (Å²) < 4.78 is 16.3. The molecule has 1 aromatic heterocycles. The summed E-state index contributed by atoms with van der Waals surface area (Å²) in [5.41, 5.74) is 2.61. The first-order valence-electron chi connectivity index (χ1n) is 12.0. The molecule has 0 amide bonds. The zero-order chi connectivity index (χ0) is 24.9. The van der Waals surface area contributed by atoms with E-state index in [4.69, 9.17) is 14.2 Å². The lowest BCUT2D eigenvalue weighted by atomic mass is 10.1. The van der Waals surface area contributed by atoms with Crippen molar-refractivity contribution in [1.82, 2.24) is 9.88 Å². The van der Waals surface area contributed by atoms with Gasteiger partial charge in [0.15, 0.2) is 11.5 Å². The van der Waals surface area contributed by atoms with Crippen LogP contribution in [0.4, 0.5) is 5.69 Å². The number of anilines is 1. The summed E-state index contributed by atoms with van der Waals surface area (Å²) in [4.78, 5) is 21.6. The van der Waals surface area contributed by atoms with Crippen LogP contribution in [0.15, 0.2) is 79.0 Å². The number of rotatable bonds is 7. The molecule has 0 bridgehead atoms. The molecular formula is C29H29N3O4. The van der Waals surface area contributed by atoms with Gasteiger partial charge in [-0.15, -0.1) is 0 Å². The summed E-state index contributed by atoms with van der Waals surface area (Å²) >= 11 is 0. The van der Waals surface area contributed by atoms with Gasteiger partial charge in [0, 0.05) is 50.0 Å². The van der Waals surface area contributed by atoms with Gasteiger partial charge in [0.2, 0.25) is 0 Å². The standard InChI is InChI=1S/C29H29N3O4/c1-34-27-12-7-21(17-28(27)35-2)20-31-13-15-32(16-14-31)24-8-10-25(11-9-24)36-29(33)26-18-22-5-3-4-6-23(22)19-30-26/h3-12,17-19H,13-16,20H2,1-2H3. The number of benzene rings is 3. The molecule has 1 saturated heterocycles. The summed E-state index contributed by atoms with van der Waals surface area (Å²) in [7, 11) is 3.31. The maximum Gasteiger partial charge on any atom is 0.362 e. The van der Waals surface area contributed by atoms with Gasteiger partial charge in [0.05, 0.1) is 14.2 Å². The Morgan fingerprint density at radius 2 is 1.56 bits per heavy atom. The average Bonchev–Trinajstić information content (AvgIpc) is 2.93. The van der Waals surface area contributed by atoms with E-state index < -0.39 is 5.97 Å². The molecule has 0 spiro atoms. The molecule has 7 heteroatoms. The summed E-state index contributed by atoms with van der Waals surface area (Å²) in [6.45, 7) is 4.63. The van der Waals surface area contributed by atoms with E-state index in [1.807, 2.05) is 60.7 Å². The first-order chi connectivity index (χ1) is 17.6. The van der Waals surface area contributed by atoms with E-state index in [-0.39, 0.29) is 0 Å². The van der Waals surface area contributed by atoms with Crippen molar-refractivity contribution in [3.05, 3.63) is 90.3 Å². The highest BCUT2D eigenvalue weighted by molar-refractivity contribution is 5.94. The van der Waals surface area contributed by atoms with Crippen molar-refractivity contribution >= 4 is 22.4 Å². The van der Waals surface area contributed by atoms with E-state index >= 15 is 0 Å². The Morgan fingerprint density at radius 1 is 0.833 bits per heavy atom. The zero-order valence-electron chi connectivity index (χ0n) is 20.5. The smallest absolute Gasteiger partial charge is 0.362 e. The normalized spacial score (nSPS) is 14.0. The fourth-order valence-electron chi connectivity index (χ4n) is 4.48. The largest absolute Gasteiger partial charge is 0.493 e. The number of carbonyl (C=O) groups is 1. The number of aromatic nitrogens is 1. The monoisotopic (exact) mass is 483 g/mol. The van der Waals surface area contributed by atoms with Gasteiger partial charge in [-0.25, -0.2) is 9.78 Å². The lowest BCUT2D eigenvalue weighted by Crippen LogP contribution is -2.45. The minimum atomic E-state index is -0.461. The van der Waals surface area contributed by atoms with Gasteiger partial charge >= 0.3 is 5.97 Å². The van der Waals surface area contributed by atoms with Crippen molar-refractivity contribution < 1.29 is 19.0 Å². The number of fused-ring (bicyclic) bond motifs is 1. The maximum absolute atomic E-state index is 12.6. The van der Waals surface area contributed by atoms with Crippen LogP contribution in [0.1, 0.15) is 16.1 Å². The second kappa shape index (κ2) is 10.7. The minimum Gasteiger partial charge on any atom is -0.493 e. The Kier molecular flexibility index (Phi) is 7.00. The van der Waals surface area contributed by atoms with Gasteiger partial charge in [-0.05, 0) is 53.4 Å². The second-order valence-corrected chi connectivity index (χ2v) is 8.75. The molecular weight excluding hydrogens is 454 g/mol. The molecule has 4 aromatic rings. The molecule has 36 heavy (non-hydrogen) atoms. The number of methoxy groups -OCH3 is 2. The number of piperazine rings is 1. The van der Waals surface area contributed by atoms with Gasteiger partial charge in [-0.2, -0.15) is 0 Å². The van der Waals surface area contributed by atoms with E-state index in [0.717, 1.165) is 60.7 Å². The highest BCUT2D eigenvalue weighted by Crippen LogP contribution is 2.28. The van der Waals surface area contributed by atoms with Crippen LogP contribution in [0.5, 0.6) is 17.2 Å². The lowest BCUT2D eigenvalue weighted by molar-refractivity contribution is 0.0729. The number of esters is 1. The lowest BCUT2D eigenvalue weighted by Gasteiger charge is -2.36. The van der Waals surface area contributed by atoms with Crippen molar-refractivity contribution in [1.29, 1.82) is 0 Å². The highest BCUT2D eigenvalue weighted by Gasteiger charge is 2.18. The third kappa shape index (κ3) is 5.26. The SMILES string of the molecule is COc1ccc(CN2CCN(c3ccc(OC(=O)c4cc5ccccc5cn4)cc3)CC2)cc1OC. The van der Waals surface area contributed by atoms with Crippen molar-refractivity contribution in [2.75, 3.05) is 45.3 Å². The van der Waals surface area contributed by atoms with E-state index in [1.165, 1.54) is 5.56 Å². The van der Waals surface area contributed by atoms with Gasteiger partial charge in [0.25, 0.3) is 0 Å². The molecule has 2 heterocycles. The fraction of sp³-hybridized carbons (Fsp3) is 0.241. The Hall–Kier alpha value is -4.10. The molecule has 0 unspecified atom stereocenters. The van der Waals surface area contributed by atoms with Crippen LogP contribution >= 0.6 is 0 Å². The molecule has 0 radical (unpaired) electrons. The number of ether oxygens (including phenoxy) is 3. The van der Waals surface area contributed by atoms with E-state index in [2.05, 4.69) is 20.9 Å². The van der Waals surface area contributed by atoms with Crippen molar-refractivity contribution in [2.24, 2.45) is 0 Å². The molecule has 3 aromatic carbocycles. The van der Waals surface area contributed by atoms with E-state index in [0.29, 0.717) is 11.4 Å². The maximum atomic E-state index is 12.6. The van der Waals surface area contributed by atoms with Crippen LogP contribution in [-0.4, -0.2) is 56.3 Å². The Balaban J connectivity index is 1.15. The molecule has 5 rings (SSSR count). The van der Waals surface area contributed by atoms with Crippen LogP contribution in [-0.2, 0) is 6.54 Å². The Morgan fingerprint density at radius 3 is 2.28 bits per heavy atom. The number of hydrogen-bond acceptors (Lipinski definition) is 7. The summed E-state index contributed by atoms with van der Waals surface area (Å²) in [6.07, 6.45) is 1.69. The van der Waals surface area contributed by atoms with Crippen LogP contribution < -0.4 is 19.1 Å². The molecule has 1 aliphatic rings. The third-order valence-electron chi connectivity index (χ3n) is 6.48. The Labute approximate surface area is 210 Å². The average molecular weight is 484 g/mol. The molecule has 0 N–H and O–H groups in total. The van der Waals surface area contributed by atoms with E-state index in [9.17, 15) is 4.79 Å². The molecule has 1 aliphatic heterocycles. The molecule has 0 saturated carbocycles. The zero-order valence-corrected chi connectivity index (χ0v) is 20.5. The van der Waals surface area contributed by atoms with Crippen LogP contribution in [0.2, 0.25) is 0 Å².